The number of hydrogen-bond donors (Lipinski definition) is 0. The van der Waals surface area contributed by atoms with Gasteiger partial charge in [0.25, 0.3) is 5.91 Å². The molecule has 0 unspecified atom stereocenters. The van der Waals surface area contributed by atoms with E-state index in [0.29, 0.717) is 38.4 Å². The molecule has 11 nitrogen and oxygen atoms in total. The first-order valence-electron chi connectivity index (χ1n) is 9.31. The summed E-state index contributed by atoms with van der Waals surface area (Å²) in [6.07, 6.45) is 2.85. The minimum absolute atomic E-state index is 0.111. The highest BCUT2D eigenvalue weighted by Crippen LogP contribution is 2.12. The van der Waals surface area contributed by atoms with Gasteiger partial charge in [0, 0.05) is 44.0 Å². The number of carbonyl (C=O) groups excluding carboxylic acids is 1. The third kappa shape index (κ3) is 4.49. The van der Waals surface area contributed by atoms with Crippen molar-refractivity contribution in [2.75, 3.05) is 26.2 Å². The average Bonchev–Trinajstić information content (AvgIpc) is 3.40. The number of carbonyl (C=O) groups is 1. The summed E-state index contributed by atoms with van der Waals surface area (Å²) in [6, 6.07) is 8.04. The molecule has 0 bridgehead atoms. The predicted octanol–water partition coefficient (Wildman–Crippen LogP) is 0.986. The Labute approximate surface area is 170 Å². The van der Waals surface area contributed by atoms with Gasteiger partial charge < -0.3 is 15.0 Å². The van der Waals surface area contributed by atoms with Crippen LogP contribution in [-0.2, 0) is 13.2 Å². The fourth-order valence-electron chi connectivity index (χ4n) is 3.26. The van der Waals surface area contributed by atoms with E-state index in [1.807, 2.05) is 0 Å². The minimum Gasteiger partial charge on any atom is -0.390 e. The molecule has 0 radical (unpaired) electrons. The quantitative estimate of drug-likeness (QED) is 0.436. The number of nitrogens with zero attached hydrogens (tertiary/aromatic N) is 8. The number of nitro groups is 1. The molecule has 30 heavy (non-hydrogen) atoms. The van der Waals surface area contributed by atoms with Crippen LogP contribution >= 0.6 is 0 Å². The molecule has 1 fully saturated rings. The van der Waals surface area contributed by atoms with E-state index in [1.165, 1.54) is 27.8 Å². The van der Waals surface area contributed by atoms with Crippen molar-refractivity contribution in [1.82, 2.24) is 34.3 Å². The highest BCUT2D eigenvalue weighted by molar-refractivity contribution is 5.92. The van der Waals surface area contributed by atoms with E-state index in [2.05, 4.69) is 20.1 Å². The zero-order valence-corrected chi connectivity index (χ0v) is 16.0. The van der Waals surface area contributed by atoms with Gasteiger partial charge in [-0.3, -0.25) is 9.69 Å². The molecule has 0 aliphatic carbocycles. The van der Waals surface area contributed by atoms with Gasteiger partial charge >= 0.3 is 5.95 Å². The Bertz CT molecular complexity index is 1040. The molecule has 0 N–H and O–H groups in total. The van der Waals surface area contributed by atoms with Gasteiger partial charge in [-0.1, -0.05) is 17.1 Å². The summed E-state index contributed by atoms with van der Waals surface area (Å²) in [7, 11) is 0. The molecule has 3 aromatic rings. The maximum atomic E-state index is 13.0. The molecule has 0 saturated carbocycles. The molecule has 1 aromatic carbocycles. The summed E-state index contributed by atoms with van der Waals surface area (Å²) in [5.41, 5.74) is 1.33. The molecular formula is C18H19FN8O3. The van der Waals surface area contributed by atoms with E-state index in [4.69, 9.17) is 0 Å². The highest BCUT2D eigenvalue weighted by atomic mass is 19.1. The van der Waals surface area contributed by atoms with Crippen LogP contribution in [0.1, 0.15) is 16.1 Å². The van der Waals surface area contributed by atoms with Crippen LogP contribution in [0, 0.1) is 15.9 Å². The van der Waals surface area contributed by atoms with Crippen LogP contribution in [0.2, 0.25) is 0 Å². The van der Waals surface area contributed by atoms with Crippen molar-refractivity contribution in [2.45, 2.75) is 13.2 Å². The highest BCUT2D eigenvalue weighted by Gasteiger charge is 2.24. The fourth-order valence-corrected chi connectivity index (χ4v) is 3.26. The standard InChI is InChI=1S/C18H19FN8O3/c19-15-3-1-14(2-4-15)11-23-7-9-24(10-8-23)17(28)16-5-6-25(21-16)13-26-12-20-18(22-26)27(29)30/h1-6,12H,7-11,13H2. The third-order valence-electron chi connectivity index (χ3n) is 4.82. The Hall–Kier alpha value is -3.67. The maximum Gasteiger partial charge on any atom is 0.491 e. The van der Waals surface area contributed by atoms with E-state index in [-0.39, 0.29) is 18.4 Å². The molecule has 2 aromatic heterocycles. The van der Waals surface area contributed by atoms with Crippen LogP contribution in [0.15, 0.2) is 42.9 Å². The van der Waals surface area contributed by atoms with Crippen molar-refractivity contribution in [2.24, 2.45) is 0 Å². The van der Waals surface area contributed by atoms with Gasteiger partial charge in [-0.25, -0.2) is 9.07 Å². The summed E-state index contributed by atoms with van der Waals surface area (Å²) < 4.78 is 15.8. The summed E-state index contributed by atoms with van der Waals surface area (Å²) in [5, 5.41) is 18.6. The van der Waals surface area contributed by atoms with Gasteiger partial charge in [0.1, 0.15) is 11.5 Å². The van der Waals surface area contributed by atoms with Gasteiger partial charge in [0.15, 0.2) is 6.67 Å². The third-order valence-corrected chi connectivity index (χ3v) is 4.82. The number of aromatic nitrogens is 5. The molecule has 4 rings (SSSR count). The van der Waals surface area contributed by atoms with Crippen LogP contribution in [0.4, 0.5) is 10.3 Å². The second kappa shape index (κ2) is 8.37. The van der Waals surface area contributed by atoms with E-state index in [1.54, 1.807) is 29.3 Å². The summed E-state index contributed by atoms with van der Waals surface area (Å²) in [5.74, 6) is -0.910. The Kier molecular flexibility index (Phi) is 5.48. The van der Waals surface area contributed by atoms with Crippen LogP contribution in [0.5, 0.6) is 0 Å². The molecule has 3 heterocycles. The lowest BCUT2D eigenvalue weighted by Crippen LogP contribution is -2.48. The number of benzene rings is 1. The van der Waals surface area contributed by atoms with Crippen molar-refractivity contribution in [1.29, 1.82) is 0 Å². The molecular weight excluding hydrogens is 395 g/mol. The number of halogens is 1. The number of hydrogen-bond acceptors (Lipinski definition) is 7. The maximum absolute atomic E-state index is 13.0. The van der Waals surface area contributed by atoms with Crippen molar-refractivity contribution in [3.8, 4) is 0 Å². The van der Waals surface area contributed by atoms with E-state index in [9.17, 15) is 19.3 Å². The Balaban J connectivity index is 1.31. The molecule has 0 atom stereocenters. The lowest BCUT2D eigenvalue weighted by atomic mass is 10.2. The van der Waals surface area contributed by atoms with E-state index < -0.39 is 10.9 Å². The van der Waals surface area contributed by atoms with Gasteiger partial charge in [0.05, 0.1) is 0 Å². The smallest absolute Gasteiger partial charge is 0.390 e. The Morgan fingerprint density at radius 2 is 1.80 bits per heavy atom. The van der Waals surface area contributed by atoms with Gasteiger partial charge in [-0.2, -0.15) is 9.78 Å². The first-order chi connectivity index (χ1) is 14.5. The SMILES string of the molecule is O=C(c1ccn(Cn2cnc([N+](=O)[O-])n2)n1)N1CCN(Cc2ccc(F)cc2)CC1. The Morgan fingerprint density at radius 3 is 2.47 bits per heavy atom. The molecule has 1 amide bonds. The van der Waals surface area contributed by atoms with Crippen LogP contribution in [-0.4, -0.2) is 71.4 Å². The number of piperazine rings is 1. The summed E-state index contributed by atoms with van der Waals surface area (Å²) in [6.45, 7) is 3.39. The van der Waals surface area contributed by atoms with Gasteiger partial charge in [0.2, 0.25) is 6.33 Å². The fraction of sp³-hybridized carbons (Fsp3) is 0.333. The van der Waals surface area contributed by atoms with Crippen LogP contribution < -0.4 is 0 Å². The lowest BCUT2D eigenvalue weighted by Gasteiger charge is -2.34. The van der Waals surface area contributed by atoms with Crippen molar-refractivity contribution >= 4 is 11.9 Å². The van der Waals surface area contributed by atoms with Crippen molar-refractivity contribution in [3.05, 3.63) is 70.0 Å². The number of rotatable bonds is 6. The van der Waals surface area contributed by atoms with E-state index >= 15 is 0 Å². The zero-order chi connectivity index (χ0) is 21.1. The number of amides is 1. The molecule has 12 heteroatoms. The molecule has 1 aliphatic heterocycles. The zero-order valence-electron chi connectivity index (χ0n) is 16.0. The van der Waals surface area contributed by atoms with Crippen molar-refractivity contribution < 1.29 is 14.1 Å². The average molecular weight is 414 g/mol. The molecule has 1 saturated heterocycles. The Morgan fingerprint density at radius 1 is 1.07 bits per heavy atom. The second-order valence-electron chi connectivity index (χ2n) is 6.92. The summed E-state index contributed by atoms with van der Waals surface area (Å²) in [4.78, 5) is 30.2. The molecule has 0 spiro atoms. The van der Waals surface area contributed by atoms with Crippen LogP contribution in [0.3, 0.4) is 0 Å². The van der Waals surface area contributed by atoms with Crippen molar-refractivity contribution in [3.63, 3.8) is 0 Å². The first kappa shape index (κ1) is 19.6. The van der Waals surface area contributed by atoms with Gasteiger partial charge in [-0.05, 0) is 28.7 Å². The van der Waals surface area contributed by atoms with Gasteiger partial charge in [-0.15, -0.1) is 0 Å². The van der Waals surface area contributed by atoms with E-state index in [0.717, 1.165) is 5.56 Å². The topological polar surface area (TPSA) is 115 Å². The summed E-state index contributed by atoms with van der Waals surface area (Å²) >= 11 is 0. The molecule has 1 aliphatic rings. The first-order valence-corrected chi connectivity index (χ1v) is 9.31. The lowest BCUT2D eigenvalue weighted by molar-refractivity contribution is -0.394. The van der Waals surface area contributed by atoms with Crippen LogP contribution in [0.25, 0.3) is 0 Å². The molecule has 156 valence electrons. The monoisotopic (exact) mass is 414 g/mol. The largest absolute Gasteiger partial charge is 0.491 e. The second-order valence-corrected chi connectivity index (χ2v) is 6.92. The predicted molar refractivity (Wildman–Crippen MR) is 102 cm³/mol. The normalized spacial score (nSPS) is 14.8. The minimum atomic E-state index is -0.676.